The van der Waals surface area contributed by atoms with Crippen LogP contribution in [-0.2, 0) is 14.8 Å². The first-order valence-corrected chi connectivity index (χ1v) is 11.7. The van der Waals surface area contributed by atoms with E-state index in [4.69, 9.17) is 9.47 Å². The molecule has 1 heterocycles. The fourth-order valence-corrected chi connectivity index (χ4v) is 4.88. The summed E-state index contributed by atoms with van der Waals surface area (Å²) in [6, 6.07) is 14.9. The van der Waals surface area contributed by atoms with E-state index in [1.165, 1.54) is 36.4 Å². The molecule has 0 bridgehead atoms. The molecule has 0 spiro atoms. The Bertz CT molecular complexity index is 1310. The third-order valence-electron chi connectivity index (χ3n) is 5.15. The Hall–Kier alpha value is -3.59. The molecule has 172 valence electrons. The van der Waals surface area contributed by atoms with Crippen molar-refractivity contribution in [3.05, 3.63) is 77.6 Å². The third kappa shape index (κ3) is 4.93. The number of fused-ring (bicyclic) bond motifs is 1. The number of aryl methyl sites for hydroxylation is 2. The van der Waals surface area contributed by atoms with E-state index in [1.54, 1.807) is 6.07 Å². The largest absolute Gasteiger partial charge is 0.486 e. The molecule has 7 nitrogen and oxygen atoms in total. The second-order valence-corrected chi connectivity index (χ2v) is 9.53. The van der Waals surface area contributed by atoms with E-state index in [2.05, 4.69) is 5.32 Å². The maximum atomic E-state index is 14.0. The Morgan fingerprint density at radius 1 is 1.00 bits per heavy atom. The monoisotopic (exact) mass is 470 g/mol. The van der Waals surface area contributed by atoms with Crippen molar-refractivity contribution in [3.63, 3.8) is 0 Å². The topological polar surface area (TPSA) is 84.9 Å². The number of hydrogen-bond acceptors (Lipinski definition) is 5. The minimum absolute atomic E-state index is 0.0287. The SMILES string of the molecule is Cc1ccc(C)c(NC(=O)CN(c2cccc(F)c2)S(=O)(=O)c2ccc3c(c2)OCCO3)c1. The summed E-state index contributed by atoms with van der Waals surface area (Å²) in [6.45, 7) is 3.84. The highest BCUT2D eigenvalue weighted by molar-refractivity contribution is 7.92. The fraction of sp³-hybridized carbons (Fsp3) is 0.208. The van der Waals surface area contributed by atoms with Gasteiger partial charge in [0.25, 0.3) is 10.0 Å². The van der Waals surface area contributed by atoms with Crippen LogP contribution < -0.4 is 19.1 Å². The van der Waals surface area contributed by atoms with Crippen molar-refractivity contribution in [3.8, 4) is 11.5 Å². The van der Waals surface area contributed by atoms with Crippen LogP contribution >= 0.6 is 0 Å². The van der Waals surface area contributed by atoms with Crippen LogP contribution in [-0.4, -0.2) is 34.1 Å². The van der Waals surface area contributed by atoms with Gasteiger partial charge in [0.05, 0.1) is 10.6 Å². The Labute approximate surface area is 191 Å². The molecular formula is C24H23FN2O5S. The molecule has 4 rings (SSSR count). The summed E-state index contributed by atoms with van der Waals surface area (Å²) < 4.78 is 52.9. The molecule has 1 amide bonds. The van der Waals surface area contributed by atoms with Gasteiger partial charge in [-0.25, -0.2) is 12.8 Å². The van der Waals surface area contributed by atoms with Crippen molar-refractivity contribution in [2.75, 3.05) is 29.4 Å². The first kappa shape index (κ1) is 22.6. The second kappa shape index (κ2) is 9.11. The lowest BCUT2D eigenvalue weighted by Crippen LogP contribution is -2.38. The second-order valence-electron chi connectivity index (χ2n) is 7.66. The quantitative estimate of drug-likeness (QED) is 0.588. The number of benzene rings is 3. The van der Waals surface area contributed by atoms with Gasteiger partial charge in [0, 0.05) is 11.8 Å². The van der Waals surface area contributed by atoms with Crippen LogP contribution in [0.4, 0.5) is 15.8 Å². The fourth-order valence-electron chi connectivity index (χ4n) is 3.45. The van der Waals surface area contributed by atoms with Crippen LogP contribution in [0.5, 0.6) is 11.5 Å². The van der Waals surface area contributed by atoms with Gasteiger partial charge in [0.2, 0.25) is 5.91 Å². The molecular weight excluding hydrogens is 447 g/mol. The predicted octanol–water partition coefficient (Wildman–Crippen LogP) is 4.05. The number of rotatable bonds is 6. The van der Waals surface area contributed by atoms with Crippen LogP contribution in [0.1, 0.15) is 11.1 Å². The molecule has 3 aromatic carbocycles. The summed E-state index contributed by atoms with van der Waals surface area (Å²) in [5, 5.41) is 2.76. The molecule has 0 fully saturated rings. The molecule has 0 saturated heterocycles. The highest BCUT2D eigenvalue weighted by atomic mass is 32.2. The summed E-state index contributed by atoms with van der Waals surface area (Å²) in [5.74, 6) is -0.453. The van der Waals surface area contributed by atoms with Crippen molar-refractivity contribution >= 4 is 27.3 Å². The van der Waals surface area contributed by atoms with Crippen molar-refractivity contribution in [2.45, 2.75) is 18.7 Å². The van der Waals surface area contributed by atoms with Crippen molar-refractivity contribution < 1.29 is 27.1 Å². The number of sulfonamides is 1. The number of carbonyl (C=O) groups excluding carboxylic acids is 1. The van der Waals surface area contributed by atoms with Gasteiger partial charge in [-0.1, -0.05) is 18.2 Å². The molecule has 1 N–H and O–H groups in total. The Morgan fingerprint density at radius 3 is 2.52 bits per heavy atom. The summed E-state index contributed by atoms with van der Waals surface area (Å²) >= 11 is 0. The lowest BCUT2D eigenvalue weighted by molar-refractivity contribution is -0.114. The van der Waals surface area contributed by atoms with Crippen LogP contribution in [0, 0.1) is 19.7 Å². The van der Waals surface area contributed by atoms with Crippen LogP contribution in [0.25, 0.3) is 0 Å². The third-order valence-corrected chi connectivity index (χ3v) is 6.92. The zero-order valence-electron chi connectivity index (χ0n) is 18.2. The number of amides is 1. The van der Waals surface area contributed by atoms with Crippen LogP contribution in [0.2, 0.25) is 0 Å². The molecule has 0 aliphatic carbocycles. The number of nitrogens with one attached hydrogen (secondary N) is 1. The van der Waals surface area contributed by atoms with E-state index in [-0.39, 0.29) is 10.6 Å². The van der Waals surface area contributed by atoms with Gasteiger partial charge < -0.3 is 14.8 Å². The average Bonchev–Trinajstić information content (AvgIpc) is 2.79. The lowest BCUT2D eigenvalue weighted by atomic mass is 10.1. The summed E-state index contributed by atoms with van der Waals surface area (Å²) in [6.07, 6.45) is 0. The van der Waals surface area contributed by atoms with E-state index in [9.17, 15) is 17.6 Å². The molecule has 1 aliphatic heterocycles. The highest BCUT2D eigenvalue weighted by Gasteiger charge is 2.29. The molecule has 9 heteroatoms. The number of ether oxygens (including phenoxy) is 2. The maximum absolute atomic E-state index is 14.0. The Balaban J connectivity index is 1.69. The average molecular weight is 471 g/mol. The minimum Gasteiger partial charge on any atom is -0.486 e. The molecule has 3 aromatic rings. The summed E-state index contributed by atoms with van der Waals surface area (Å²) in [4.78, 5) is 12.8. The zero-order valence-corrected chi connectivity index (χ0v) is 19.0. The Morgan fingerprint density at radius 2 is 1.76 bits per heavy atom. The smallest absolute Gasteiger partial charge is 0.264 e. The van der Waals surface area contributed by atoms with Crippen molar-refractivity contribution in [2.24, 2.45) is 0 Å². The summed E-state index contributed by atoms with van der Waals surface area (Å²) in [7, 11) is -4.24. The van der Waals surface area contributed by atoms with Gasteiger partial charge in [-0.3, -0.25) is 9.10 Å². The summed E-state index contributed by atoms with van der Waals surface area (Å²) in [5.41, 5.74) is 2.39. The molecule has 0 aromatic heterocycles. The van der Waals surface area contributed by atoms with Gasteiger partial charge in [-0.05, 0) is 61.4 Å². The molecule has 0 atom stereocenters. The van der Waals surface area contributed by atoms with E-state index >= 15 is 0 Å². The van der Waals surface area contributed by atoms with Gasteiger partial charge in [0.15, 0.2) is 11.5 Å². The predicted molar refractivity (Wildman–Crippen MR) is 123 cm³/mol. The maximum Gasteiger partial charge on any atom is 0.264 e. The highest BCUT2D eigenvalue weighted by Crippen LogP contribution is 2.34. The van der Waals surface area contributed by atoms with Crippen LogP contribution in [0.15, 0.2) is 65.6 Å². The van der Waals surface area contributed by atoms with Crippen molar-refractivity contribution in [1.82, 2.24) is 0 Å². The van der Waals surface area contributed by atoms with Gasteiger partial charge >= 0.3 is 0 Å². The molecule has 1 aliphatic rings. The number of halogens is 1. The molecule has 0 saturated carbocycles. The number of anilines is 2. The minimum atomic E-state index is -4.24. The zero-order chi connectivity index (χ0) is 23.6. The van der Waals surface area contributed by atoms with Crippen LogP contribution in [0.3, 0.4) is 0 Å². The molecule has 0 unspecified atom stereocenters. The van der Waals surface area contributed by atoms with E-state index in [0.29, 0.717) is 30.4 Å². The van der Waals surface area contributed by atoms with E-state index in [1.807, 2.05) is 26.0 Å². The van der Waals surface area contributed by atoms with E-state index < -0.39 is 28.3 Å². The lowest BCUT2D eigenvalue weighted by Gasteiger charge is -2.25. The molecule has 0 radical (unpaired) electrons. The Kier molecular flexibility index (Phi) is 6.24. The van der Waals surface area contributed by atoms with Crippen molar-refractivity contribution in [1.29, 1.82) is 0 Å². The number of hydrogen-bond donors (Lipinski definition) is 1. The molecule has 33 heavy (non-hydrogen) atoms. The van der Waals surface area contributed by atoms with Gasteiger partial charge in [0.1, 0.15) is 25.6 Å². The normalized spacial score (nSPS) is 12.8. The standard InChI is InChI=1S/C24H23FN2O5S/c1-16-6-7-17(2)21(12-16)26-24(28)15-27(19-5-3-4-18(25)13-19)33(29,30)20-8-9-22-23(14-20)32-11-10-31-22/h3-9,12-14H,10-11,15H2,1-2H3,(H,26,28). The first-order chi connectivity index (χ1) is 15.7. The van der Waals surface area contributed by atoms with E-state index in [0.717, 1.165) is 21.5 Å². The number of carbonyl (C=O) groups is 1. The van der Waals surface area contributed by atoms with Gasteiger partial charge in [-0.2, -0.15) is 0 Å². The van der Waals surface area contributed by atoms with Gasteiger partial charge in [-0.15, -0.1) is 0 Å². The first-order valence-electron chi connectivity index (χ1n) is 10.3. The number of nitrogens with zero attached hydrogens (tertiary/aromatic N) is 1.